The molecule has 72 heavy (non-hydrogen) atoms. The third-order valence-corrected chi connectivity index (χ3v) is 18.5. The SMILES string of the molecule is CCCCCCCCCCC(CCCCCCCC)Cc1csc(-c2c3c(c(-c4cc(CC(CCCCCCCC)CCCCCCCCCC)cs4)c4nsnc24)C(=O)N(CCCCCC(C)C)C3=O)c1. The van der Waals surface area contributed by atoms with E-state index in [4.69, 9.17) is 8.75 Å². The first-order valence-electron chi connectivity index (χ1n) is 30.6. The fourth-order valence-electron chi connectivity index (χ4n) is 11.6. The maximum absolute atomic E-state index is 15.0. The van der Waals surface area contributed by atoms with E-state index in [2.05, 4.69) is 64.4 Å². The largest absolute Gasteiger partial charge is 0.274 e. The van der Waals surface area contributed by atoms with Gasteiger partial charge in [0.05, 0.1) is 22.9 Å². The summed E-state index contributed by atoms with van der Waals surface area (Å²) in [6, 6.07) is 4.71. The van der Waals surface area contributed by atoms with Crippen molar-refractivity contribution in [1.82, 2.24) is 13.6 Å². The minimum atomic E-state index is -0.142. The van der Waals surface area contributed by atoms with Gasteiger partial charge in [-0.05, 0) is 71.0 Å². The second-order valence-electron chi connectivity index (χ2n) is 22.9. The number of hydrogen-bond acceptors (Lipinski definition) is 7. The van der Waals surface area contributed by atoms with E-state index < -0.39 is 0 Å². The van der Waals surface area contributed by atoms with Gasteiger partial charge in [-0.3, -0.25) is 14.5 Å². The molecule has 0 fully saturated rings. The summed E-state index contributed by atoms with van der Waals surface area (Å²) in [5.74, 6) is 1.70. The Morgan fingerprint density at radius 3 is 1.08 bits per heavy atom. The fourth-order valence-corrected chi connectivity index (χ4v) is 14.1. The van der Waals surface area contributed by atoms with E-state index in [1.54, 1.807) is 27.6 Å². The highest BCUT2D eigenvalue weighted by atomic mass is 32.1. The summed E-state index contributed by atoms with van der Waals surface area (Å²) < 4.78 is 10.0. The summed E-state index contributed by atoms with van der Waals surface area (Å²) in [6.07, 6.45) is 49.2. The third kappa shape index (κ3) is 20.3. The Labute approximate surface area is 453 Å². The molecule has 1 aromatic carbocycles. The summed E-state index contributed by atoms with van der Waals surface area (Å²) in [5.41, 5.74) is 7.12. The third-order valence-electron chi connectivity index (χ3n) is 16.0. The van der Waals surface area contributed by atoms with Gasteiger partial charge < -0.3 is 0 Å². The fraction of sp³-hybridized carbons (Fsp3) is 0.750. The van der Waals surface area contributed by atoms with Crippen LogP contribution in [0.25, 0.3) is 31.9 Å². The molecule has 2 unspecified atom stereocenters. The molecule has 5 nitrogen and oxygen atoms in total. The lowest BCUT2D eigenvalue weighted by Crippen LogP contribution is -2.30. The van der Waals surface area contributed by atoms with Crippen LogP contribution < -0.4 is 0 Å². The first-order valence-corrected chi connectivity index (χ1v) is 33.1. The van der Waals surface area contributed by atoms with Gasteiger partial charge in [0.2, 0.25) is 0 Å². The molecule has 1 aliphatic rings. The van der Waals surface area contributed by atoms with Crippen molar-refractivity contribution in [2.45, 2.75) is 286 Å². The molecule has 1 aliphatic heterocycles. The van der Waals surface area contributed by atoms with Gasteiger partial charge in [0.1, 0.15) is 11.0 Å². The highest BCUT2D eigenvalue weighted by molar-refractivity contribution is 7.14. The number of unbranched alkanes of at least 4 members (excludes halogenated alkanes) is 26. The molecule has 0 saturated heterocycles. The minimum Gasteiger partial charge on any atom is -0.274 e. The maximum atomic E-state index is 15.0. The van der Waals surface area contributed by atoms with Crippen molar-refractivity contribution in [3.05, 3.63) is 45.1 Å². The van der Waals surface area contributed by atoms with Gasteiger partial charge in [0, 0.05) is 27.4 Å². The van der Waals surface area contributed by atoms with Crippen LogP contribution in [0.15, 0.2) is 22.9 Å². The lowest BCUT2D eigenvalue weighted by atomic mass is 9.88. The van der Waals surface area contributed by atoms with Crippen molar-refractivity contribution in [1.29, 1.82) is 0 Å². The summed E-state index contributed by atoms with van der Waals surface area (Å²) in [5, 5.41) is 4.69. The smallest absolute Gasteiger partial charge is 0.262 e. The topological polar surface area (TPSA) is 63.2 Å². The number of benzene rings is 1. The van der Waals surface area contributed by atoms with E-state index in [-0.39, 0.29) is 11.8 Å². The Morgan fingerprint density at radius 2 is 0.736 bits per heavy atom. The molecule has 3 aromatic heterocycles. The number of thiophene rings is 2. The van der Waals surface area contributed by atoms with Gasteiger partial charge in [-0.15, -0.1) is 22.7 Å². The summed E-state index contributed by atoms with van der Waals surface area (Å²) in [7, 11) is 0. The molecule has 0 saturated carbocycles. The number of nitrogens with zero attached hydrogens (tertiary/aromatic N) is 3. The number of aromatic nitrogens is 2. The molecule has 0 N–H and O–H groups in total. The van der Waals surface area contributed by atoms with Gasteiger partial charge in [0.15, 0.2) is 0 Å². The van der Waals surface area contributed by atoms with Crippen LogP contribution >= 0.6 is 34.4 Å². The van der Waals surface area contributed by atoms with E-state index in [1.165, 1.54) is 235 Å². The molecule has 2 amide bonds. The Morgan fingerprint density at radius 1 is 0.417 bits per heavy atom. The second-order valence-corrected chi connectivity index (χ2v) is 25.2. The zero-order valence-electron chi connectivity index (χ0n) is 47.0. The van der Waals surface area contributed by atoms with Crippen LogP contribution in [0.5, 0.6) is 0 Å². The van der Waals surface area contributed by atoms with Gasteiger partial charge in [0.25, 0.3) is 11.8 Å². The monoisotopic (exact) mass is 1040 g/mol. The van der Waals surface area contributed by atoms with Crippen LogP contribution in [-0.4, -0.2) is 32.0 Å². The van der Waals surface area contributed by atoms with E-state index >= 15 is 0 Å². The van der Waals surface area contributed by atoms with E-state index in [0.717, 1.165) is 64.0 Å². The number of imide groups is 1. The molecule has 5 rings (SSSR count). The van der Waals surface area contributed by atoms with Gasteiger partial charge >= 0.3 is 0 Å². The highest BCUT2D eigenvalue weighted by Gasteiger charge is 2.43. The molecule has 404 valence electrons. The maximum Gasteiger partial charge on any atom is 0.262 e. The molecule has 8 heteroatoms. The van der Waals surface area contributed by atoms with Crippen LogP contribution in [0.1, 0.15) is 305 Å². The molecular formula is C64H103N3O2S3. The van der Waals surface area contributed by atoms with Gasteiger partial charge in [-0.2, -0.15) is 8.75 Å². The van der Waals surface area contributed by atoms with Crippen molar-refractivity contribution >= 4 is 57.2 Å². The summed E-state index contributed by atoms with van der Waals surface area (Å²) in [6.45, 7) is 14.2. The van der Waals surface area contributed by atoms with Crippen LogP contribution in [0.3, 0.4) is 0 Å². The zero-order chi connectivity index (χ0) is 51.2. The van der Waals surface area contributed by atoms with Crippen molar-refractivity contribution in [3.63, 3.8) is 0 Å². The first kappa shape index (κ1) is 60.4. The van der Waals surface area contributed by atoms with Crippen LogP contribution in [0.2, 0.25) is 0 Å². The molecule has 4 heterocycles. The minimum absolute atomic E-state index is 0.142. The van der Waals surface area contributed by atoms with E-state index in [9.17, 15) is 9.59 Å². The predicted molar refractivity (Wildman–Crippen MR) is 318 cm³/mol. The van der Waals surface area contributed by atoms with E-state index in [0.29, 0.717) is 35.4 Å². The van der Waals surface area contributed by atoms with Crippen LogP contribution in [-0.2, 0) is 12.8 Å². The number of rotatable bonds is 44. The molecule has 0 radical (unpaired) electrons. The average molecular weight is 1040 g/mol. The van der Waals surface area contributed by atoms with Crippen molar-refractivity contribution in [2.24, 2.45) is 17.8 Å². The summed E-state index contributed by atoms with van der Waals surface area (Å²) in [4.78, 5) is 33.7. The second kappa shape index (κ2) is 35.8. The predicted octanol–water partition coefficient (Wildman–Crippen LogP) is 21.8. The lowest BCUT2D eigenvalue weighted by molar-refractivity contribution is 0.0651. The van der Waals surface area contributed by atoms with Gasteiger partial charge in [-0.25, -0.2) is 0 Å². The average Bonchev–Trinajstić information content (AvgIpc) is 4.20. The Kier molecular flexibility index (Phi) is 30.0. The molecule has 4 aromatic rings. The zero-order valence-corrected chi connectivity index (χ0v) is 49.5. The van der Waals surface area contributed by atoms with E-state index in [1.807, 2.05) is 0 Å². The Hall–Kier alpha value is -2.42. The molecular weight excluding hydrogens is 939 g/mol. The molecule has 0 spiro atoms. The van der Waals surface area contributed by atoms with Crippen LogP contribution in [0, 0.1) is 17.8 Å². The number of hydrogen-bond donors (Lipinski definition) is 0. The first-order chi connectivity index (χ1) is 35.3. The summed E-state index contributed by atoms with van der Waals surface area (Å²) >= 11 is 4.69. The number of fused-ring (bicyclic) bond motifs is 2. The normalized spacial score (nSPS) is 13.7. The van der Waals surface area contributed by atoms with Crippen molar-refractivity contribution < 1.29 is 9.59 Å². The quantitative estimate of drug-likeness (QED) is 0.0327. The Balaban J connectivity index is 1.41. The lowest BCUT2D eigenvalue weighted by Gasteiger charge is -2.17. The number of carbonyl (C=O) groups is 2. The molecule has 0 aliphatic carbocycles. The standard InChI is InChI=1S/C64H103N3O2S3/c1-7-11-15-19-23-25-29-35-41-51(39-33-27-21-17-13-9-3)44-53-46-55(70-48-53)57-59-60(64(69)67(63(59)68)43-37-31-32-38-50(5)6)58(62-61(57)65-72-66-62)56-47-54(49-71-56)45-52(40-34-28-22-18-14-10-4)42-36-30-26-24-20-16-12-8-2/h46-52H,7-45H2,1-6H3. The van der Waals surface area contributed by atoms with Crippen molar-refractivity contribution in [2.75, 3.05) is 6.54 Å². The number of amides is 2. The Bertz CT molecular complexity index is 1940. The van der Waals surface area contributed by atoms with Gasteiger partial charge in [-0.1, -0.05) is 266 Å². The molecule has 2 atom stereocenters. The molecule has 0 bridgehead atoms. The van der Waals surface area contributed by atoms with Crippen molar-refractivity contribution in [3.8, 4) is 20.9 Å². The highest BCUT2D eigenvalue weighted by Crippen LogP contribution is 2.48. The number of carbonyl (C=O) groups excluding carboxylic acids is 2. The van der Waals surface area contributed by atoms with Crippen LogP contribution in [0.4, 0.5) is 0 Å².